The van der Waals surface area contributed by atoms with Crippen LogP contribution in [-0.2, 0) is 0 Å². The second-order valence-corrected chi connectivity index (χ2v) is 4.71. The van der Waals surface area contributed by atoms with Crippen molar-refractivity contribution in [2.24, 2.45) is 5.73 Å². The predicted octanol–water partition coefficient (Wildman–Crippen LogP) is 3.38. The Morgan fingerprint density at radius 2 is 2.27 bits per heavy atom. The number of nitrogens with two attached hydrogens (primary N) is 1. The third-order valence-electron chi connectivity index (χ3n) is 2.32. The molecule has 0 aliphatic heterocycles. The molecule has 1 aromatic rings. The minimum Gasteiger partial charge on any atom is -0.383 e. The Morgan fingerprint density at radius 1 is 1.47 bits per heavy atom. The van der Waals surface area contributed by atoms with Crippen LogP contribution >= 0.6 is 15.9 Å². The van der Waals surface area contributed by atoms with E-state index in [0.29, 0.717) is 0 Å². The van der Waals surface area contributed by atoms with Crippen LogP contribution in [-0.4, -0.2) is 12.6 Å². The zero-order valence-electron chi connectivity index (χ0n) is 9.17. The Kier molecular flexibility index (Phi) is 5.73. The van der Waals surface area contributed by atoms with E-state index in [9.17, 15) is 0 Å². The Morgan fingerprint density at radius 3 is 2.93 bits per heavy atom. The maximum atomic E-state index is 5.97. The molecule has 1 aromatic carbocycles. The number of unbranched alkanes of at least 4 members (excludes halogenated alkanes) is 1. The van der Waals surface area contributed by atoms with Crippen molar-refractivity contribution in [3.63, 3.8) is 0 Å². The number of rotatable bonds is 6. The minimum atomic E-state index is 0.254. The van der Waals surface area contributed by atoms with Crippen molar-refractivity contribution in [1.82, 2.24) is 0 Å². The maximum Gasteiger partial charge on any atom is 0.0352 e. The summed E-state index contributed by atoms with van der Waals surface area (Å²) in [5.74, 6) is 0. The highest BCUT2D eigenvalue weighted by Crippen LogP contribution is 2.15. The topological polar surface area (TPSA) is 38.0 Å². The van der Waals surface area contributed by atoms with Crippen molar-refractivity contribution in [3.8, 4) is 0 Å². The summed E-state index contributed by atoms with van der Waals surface area (Å²) in [6.07, 6.45) is 3.52. The Bertz CT molecular complexity index is 289. The van der Waals surface area contributed by atoms with Gasteiger partial charge in [0.15, 0.2) is 0 Å². The third-order valence-corrected chi connectivity index (χ3v) is 2.81. The van der Waals surface area contributed by atoms with Crippen LogP contribution in [0.2, 0.25) is 0 Å². The van der Waals surface area contributed by atoms with Gasteiger partial charge < -0.3 is 11.1 Å². The van der Waals surface area contributed by atoms with E-state index in [2.05, 4.69) is 40.3 Å². The van der Waals surface area contributed by atoms with Crippen LogP contribution in [0.15, 0.2) is 28.7 Å². The molecule has 0 aliphatic carbocycles. The van der Waals surface area contributed by atoms with Crippen LogP contribution in [0.1, 0.15) is 26.2 Å². The summed E-state index contributed by atoms with van der Waals surface area (Å²) in [7, 11) is 0. The second-order valence-electron chi connectivity index (χ2n) is 3.79. The summed E-state index contributed by atoms with van der Waals surface area (Å²) in [6.45, 7) is 3.03. The molecule has 1 atom stereocenters. The first-order chi connectivity index (χ1) is 7.22. The second kappa shape index (κ2) is 6.85. The van der Waals surface area contributed by atoms with E-state index in [1.54, 1.807) is 0 Å². The lowest BCUT2D eigenvalue weighted by atomic mass is 10.1. The van der Waals surface area contributed by atoms with Crippen LogP contribution in [0.25, 0.3) is 0 Å². The van der Waals surface area contributed by atoms with Gasteiger partial charge in [-0.05, 0) is 24.6 Å². The zero-order chi connectivity index (χ0) is 11.1. The Balaban J connectivity index is 2.30. The molecule has 0 saturated heterocycles. The van der Waals surface area contributed by atoms with Crippen LogP contribution in [0.3, 0.4) is 0 Å². The summed E-state index contributed by atoms with van der Waals surface area (Å²) in [4.78, 5) is 0. The third kappa shape index (κ3) is 5.19. The highest BCUT2D eigenvalue weighted by molar-refractivity contribution is 9.10. The van der Waals surface area contributed by atoms with Crippen molar-refractivity contribution in [1.29, 1.82) is 0 Å². The van der Waals surface area contributed by atoms with Gasteiger partial charge in [0.1, 0.15) is 0 Å². The van der Waals surface area contributed by atoms with Gasteiger partial charge in [-0.15, -0.1) is 0 Å². The van der Waals surface area contributed by atoms with Gasteiger partial charge in [0.25, 0.3) is 0 Å². The number of benzene rings is 1. The van der Waals surface area contributed by atoms with Crippen LogP contribution < -0.4 is 11.1 Å². The first kappa shape index (κ1) is 12.5. The maximum absolute atomic E-state index is 5.97. The fourth-order valence-electron chi connectivity index (χ4n) is 1.42. The standard InChI is InChI=1S/C12H19BrN2/c1-2-3-6-11(14)9-15-12-7-4-5-10(13)8-12/h4-5,7-8,11,15H,2-3,6,9,14H2,1H3. The van der Waals surface area contributed by atoms with E-state index >= 15 is 0 Å². The lowest BCUT2D eigenvalue weighted by molar-refractivity contribution is 0.596. The quantitative estimate of drug-likeness (QED) is 0.832. The largest absolute Gasteiger partial charge is 0.383 e. The van der Waals surface area contributed by atoms with Crippen molar-refractivity contribution in [2.45, 2.75) is 32.2 Å². The minimum absolute atomic E-state index is 0.254. The fraction of sp³-hybridized carbons (Fsp3) is 0.500. The van der Waals surface area contributed by atoms with Gasteiger partial charge >= 0.3 is 0 Å². The predicted molar refractivity (Wildman–Crippen MR) is 70.1 cm³/mol. The van der Waals surface area contributed by atoms with Gasteiger partial charge in [0.05, 0.1) is 0 Å². The lowest BCUT2D eigenvalue weighted by Gasteiger charge is -2.13. The SMILES string of the molecule is CCCCC(N)CNc1cccc(Br)c1. The molecular weight excluding hydrogens is 252 g/mol. The lowest BCUT2D eigenvalue weighted by Crippen LogP contribution is -2.28. The van der Waals surface area contributed by atoms with Crippen molar-refractivity contribution >= 4 is 21.6 Å². The summed E-state index contributed by atoms with van der Waals surface area (Å²) in [5, 5.41) is 3.34. The van der Waals surface area contributed by atoms with Crippen molar-refractivity contribution in [2.75, 3.05) is 11.9 Å². The van der Waals surface area contributed by atoms with Gasteiger partial charge in [-0.25, -0.2) is 0 Å². The highest BCUT2D eigenvalue weighted by atomic mass is 79.9. The van der Waals surface area contributed by atoms with Gasteiger partial charge in [0, 0.05) is 22.7 Å². The Hall–Kier alpha value is -0.540. The molecule has 1 rings (SSSR count). The first-order valence-electron chi connectivity index (χ1n) is 5.47. The molecule has 0 amide bonds. The molecule has 3 N–H and O–H groups in total. The molecule has 0 heterocycles. The summed E-state index contributed by atoms with van der Waals surface area (Å²) < 4.78 is 1.09. The molecular formula is C12H19BrN2. The van der Waals surface area contributed by atoms with Gasteiger partial charge in [-0.1, -0.05) is 41.8 Å². The molecule has 0 saturated carbocycles. The van der Waals surface area contributed by atoms with Gasteiger partial charge in [-0.2, -0.15) is 0 Å². The molecule has 2 nitrogen and oxygen atoms in total. The zero-order valence-corrected chi connectivity index (χ0v) is 10.8. The van der Waals surface area contributed by atoms with Crippen molar-refractivity contribution < 1.29 is 0 Å². The molecule has 0 aliphatic rings. The molecule has 0 spiro atoms. The van der Waals surface area contributed by atoms with E-state index in [1.807, 2.05) is 12.1 Å². The monoisotopic (exact) mass is 270 g/mol. The first-order valence-corrected chi connectivity index (χ1v) is 6.26. The molecule has 15 heavy (non-hydrogen) atoms. The average Bonchev–Trinajstić information content (AvgIpc) is 2.23. The van der Waals surface area contributed by atoms with E-state index in [-0.39, 0.29) is 6.04 Å². The number of nitrogens with one attached hydrogen (secondary N) is 1. The molecule has 3 heteroatoms. The van der Waals surface area contributed by atoms with Crippen molar-refractivity contribution in [3.05, 3.63) is 28.7 Å². The molecule has 1 unspecified atom stereocenters. The smallest absolute Gasteiger partial charge is 0.0352 e. The van der Waals surface area contributed by atoms with E-state index in [1.165, 1.54) is 12.8 Å². The van der Waals surface area contributed by atoms with Crippen LogP contribution in [0, 0.1) is 0 Å². The van der Waals surface area contributed by atoms with E-state index in [0.717, 1.165) is 23.1 Å². The number of anilines is 1. The molecule has 0 aromatic heterocycles. The Labute approximate surface area is 100 Å². The molecule has 0 radical (unpaired) electrons. The van der Waals surface area contributed by atoms with Crippen LogP contribution in [0.5, 0.6) is 0 Å². The summed E-state index contributed by atoms with van der Waals surface area (Å²) in [6, 6.07) is 8.40. The summed E-state index contributed by atoms with van der Waals surface area (Å²) >= 11 is 3.44. The van der Waals surface area contributed by atoms with Gasteiger partial charge in [-0.3, -0.25) is 0 Å². The highest BCUT2D eigenvalue weighted by Gasteiger charge is 2.01. The molecule has 84 valence electrons. The van der Waals surface area contributed by atoms with E-state index < -0.39 is 0 Å². The van der Waals surface area contributed by atoms with E-state index in [4.69, 9.17) is 5.73 Å². The number of hydrogen-bond donors (Lipinski definition) is 2. The number of hydrogen-bond acceptors (Lipinski definition) is 2. The fourth-order valence-corrected chi connectivity index (χ4v) is 1.81. The average molecular weight is 271 g/mol. The number of halogens is 1. The molecule has 0 fully saturated rings. The van der Waals surface area contributed by atoms with Gasteiger partial charge in [0.2, 0.25) is 0 Å². The van der Waals surface area contributed by atoms with Crippen LogP contribution in [0.4, 0.5) is 5.69 Å². The summed E-state index contributed by atoms with van der Waals surface area (Å²) in [5.41, 5.74) is 7.09. The normalized spacial score (nSPS) is 12.5. The molecule has 0 bridgehead atoms.